The van der Waals surface area contributed by atoms with Gasteiger partial charge in [0.1, 0.15) is 11.5 Å². The van der Waals surface area contributed by atoms with Crippen molar-refractivity contribution in [2.24, 2.45) is 0 Å². The van der Waals surface area contributed by atoms with E-state index in [9.17, 15) is 9.59 Å². The van der Waals surface area contributed by atoms with Gasteiger partial charge in [0.2, 0.25) is 0 Å². The minimum Gasteiger partial charge on any atom is -0.481 e. The first-order chi connectivity index (χ1) is 8.86. The highest BCUT2D eigenvalue weighted by molar-refractivity contribution is 5.95. The molecule has 1 aromatic rings. The fraction of sp³-hybridized carbons (Fsp3) is 0.571. The van der Waals surface area contributed by atoms with Gasteiger partial charge >= 0.3 is 5.97 Å². The molecule has 0 unspecified atom stereocenters. The first-order valence-corrected chi connectivity index (χ1v) is 6.48. The fourth-order valence-electron chi connectivity index (χ4n) is 1.81. The zero-order valence-corrected chi connectivity index (χ0v) is 11.9. The van der Waals surface area contributed by atoms with Gasteiger partial charge in [0, 0.05) is 19.0 Å². The molecule has 1 rings (SSSR count). The second kappa shape index (κ2) is 6.41. The number of hydrogen-bond acceptors (Lipinski definition) is 3. The molecule has 1 amide bonds. The van der Waals surface area contributed by atoms with Crippen LogP contribution < -0.4 is 0 Å². The highest BCUT2D eigenvalue weighted by Crippen LogP contribution is 2.22. The van der Waals surface area contributed by atoms with Crippen molar-refractivity contribution in [1.82, 2.24) is 4.90 Å². The summed E-state index contributed by atoms with van der Waals surface area (Å²) in [6.07, 6.45) is -0.0481. The molecule has 0 fully saturated rings. The maximum atomic E-state index is 12.3. The molecule has 0 spiro atoms. The van der Waals surface area contributed by atoms with Gasteiger partial charge in [0.15, 0.2) is 0 Å². The van der Waals surface area contributed by atoms with E-state index < -0.39 is 5.97 Å². The molecule has 1 aromatic heterocycles. The van der Waals surface area contributed by atoms with Crippen molar-refractivity contribution in [1.29, 1.82) is 0 Å². The van der Waals surface area contributed by atoms with Gasteiger partial charge in [-0.1, -0.05) is 13.8 Å². The Bertz CT molecular complexity index is 462. The molecule has 0 radical (unpaired) electrons. The summed E-state index contributed by atoms with van der Waals surface area (Å²) in [6.45, 7) is 8.27. The Kier molecular flexibility index (Phi) is 5.15. The van der Waals surface area contributed by atoms with E-state index in [2.05, 4.69) is 0 Å². The number of hydrogen-bond donors (Lipinski definition) is 1. The second-order valence-electron chi connectivity index (χ2n) is 4.80. The lowest BCUT2D eigenvalue weighted by atomic mass is 10.1. The van der Waals surface area contributed by atoms with Crippen LogP contribution in [-0.4, -0.2) is 35.0 Å². The van der Waals surface area contributed by atoms with E-state index in [0.717, 1.165) is 5.76 Å². The van der Waals surface area contributed by atoms with E-state index in [0.29, 0.717) is 17.9 Å². The number of amides is 1. The van der Waals surface area contributed by atoms with Gasteiger partial charge in [-0.25, -0.2) is 0 Å². The molecule has 0 saturated carbocycles. The Balaban J connectivity index is 2.87. The zero-order chi connectivity index (χ0) is 14.6. The van der Waals surface area contributed by atoms with Crippen LogP contribution in [0.2, 0.25) is 0 Å². The van der Waals surface area contributed by atoms with Crippen molar-refractivity contribution in [2.45, 2.75) is 40.0 Å². The van der Waals surface area contributed by atoms with Crippen LogP contribution in [-0.2, 0) is 4.79 Å². The number of carboxylic acids is 1. The van der Waals surface area contributed by atoms with E-state index >= 15 is 0 Å². The minimum atomic E-state index is -0.905. The third kappa shape index (κ3) is 3.84. The number of nitrogens with zero attached hydrogens (tertiary/aromatic N) is 1. The molecule has 1 N–H and O–H groups in total. The van der Waals surface area contributed by atoms with Crippen molar-refractivity contribution in [3.63, 3.8) is 0 Å². The van der Waals surface area contributed by atoms with Gasteiger partial charge < -0.3 is 14.4 Å². The molecule has 5 nitrogen and oxygen atoms in total. The van der Waals surface area contributed by atoms with E-state index in [4.69, 9.17) is 9.52 Å². The first kappa shape index (κ1) is 15.3. The van der Waals surface area contributed by atoms with Crippen molar-refractivity contribution in [3.05, 3.63) is 23.2 Å². The number of carbonyl (C=O) groups excluding carboxylic acids is 1. The molecule has 0 aliphatic heterocycles. The Morgan fingerprint density at radius 2 is 2.05 bits per heavy atom. The Morgan fingerprint density at radius 1 is 1.42 bits per heavy atom. The Morgan fingerprint density at radius 3 is 2.47 bits per heavy atom. The van der Waals surface area contributed by atoms with Crippen LogP contribution in [0, 0.1) is 6.92 Å². The standard InChI is InChI=1S/C14H21NO4/c1-5-15(7-6-13(16)17)14(18)11-8-12(9(2)3)19-10(11)4/h8-9H,5-7H2,1-4H3,(H,16,17). The normalized spacial score (nSPS) is 10.8. The number of rotatable bonds is 6. The third-order valence-corrected chi connectivity index (χ3v) is 3.00. The average molecular weight is 267 g/mol. The Hall–Kier alpha value is -1.78. The fourth-order valence-corrected chi connectivity index (χ4v) is 1.81. The predicted octanol–water partition coefficient (Wildman–Crippen LogP) is 2.65. The lowest BCUT2D eigenvalue weighted by Crippen LogP contribution is -2.33. The summed E-state index contributed by atoms with van der Waals surface area (Å²) in [5.74, 6) is 0.502. The topological polar surface area (TPSA) is 70.8 Å². The summed E-state index contributed by atoms with van der Waals surface area (Å²) in [6, 6.07) is 1.76. The van der Waals surface area contributed by atoms with Crippen LogP contribution in [0.3, 0.4) is 0 Å². The molecule has 5 heteroatoms. The van der Waals surface area contributed by atoms with Crippen molar-refractivity contribution >= 4 is 11.9 Å². The second-order valence-corrected chi connectivity index (χ2v) is 4.80. The third-order valence-electron chi connectivity index (χ3n) is 3.00. The van der Waals surface area contributed by atoms with Crippen LogP contribution in [0.15, 0.2) is 10.5 Å². The summed E-state index contributed by atoms with van der Waals surface area (Å²) >= 11 is 0. The van der Waals surface area contributed by atoms with Gasteiger partial charge in [-0.2, -0.15) is 0 Å². The molecular weight excluding hydrogens is 246 g/mol. The number of aryl methyl sites for hydroxylation is 1. The number of aliphatic carboxylic acids is 1. The van der Waals surface area contributed by atoms with Crippen molar-refractivity contribution in [3.8, 4) is 0 Å². The van der Waals surface area contributed by atoms with Gasteiger partial charge in [-0.3, -0.25) is 9.59 Å². The molecule has 0 aliphatic carbocycles. The maximum Gasteiger partial charge on any atom is 0.305 e. The van der Waals surface area contributed by atoms with Crippen LogP contribution in [0.4, 0.5) is 0 Å². The molecule has 0 atom stereocenters. The van der Waals surface area contributed by atoms with Crippen LogP contribution in [0.1, 0.15) is 55.0 Å². The average Bonchev–Trinajstić information content (AvgIpc) is 2.71. The van der Waals surface area contributed by atoms with Crippen LogP contribution >= 0.6 is 0 Å². The summed E-state index contributed by atoms with van der Waals surface area (Å²) in [5.41, 5.74) is 0.524. The highest BCUT2D eigenvalue weighted by Gasteiger charge is 2.21. The zero-order valence-electron chi connectivity index (χ0n) is 11.9. The Labute approximate surface area is 113 Å². The van der Waals surface area contributed by atoms with Crippen LogP contribution in [0.25, 0.3) is 0 Å². The lowest BCUT2D eigenvalue weighted by Gasteiger charge is -2.19. The van der Waals surface area contributed by atoms with E-state index in [1.54, 1.807) is 13.0 Å². The van der Waals surface area contributed by atoms with Gasteiger partial charge in [0.05, 0.1) is 12.0 Å². The molecule has 1 heterocycles. The molecule has 19 heavy (non-hydrogen) atoms. The SMILES string of the molecule is CCN(CCC(=O)O)C(=O)c1cc(C(C)C)oc1C. The van der Waals surface area contributed by atoms with E-state index in [-0.39, 0.29) is 24.8 Å². The smallest absolute Gasteiger partial charge is 0.305 e. The predicted molar refractivity (Wildman–Crippen MR) is 71.4 cm³/mol. The first-order valence-electron chi connectivity index (χ1n) is 6.48. The van der Waals surface area contributed by atoms with Gasteiger partial charge in [-0.15, -0.1) is 0 Å². The lowest BCUT2D eigenvalue weighted by molar-refractivity contribution is -0.137. The maximum absolute atomic E-state index is 12.3. The largest absolute Gasteiger partial charge is 0.481 e. The number of carbonyl (C=O) groups is 2. The monoisotopic (exact) mass is 267 g/mol. The molecule has 106 valence electrons. The van der Waals surface area contributed by atoms with E-state index in [1.807, 2.05) is 20.8 Å². The number of carboxylic acid groups (broad SMARTS) is 1. The summed E-state index contributed by atoms with van der Waals surface area (Å²) in [4.78, 5) is 24.4. The molecule has 0 saturated heterocycles. The highest BCUT2D eigenvalue weighted by atomic mass is 16.4. The molecule has 0 aromatic carbocycles. The molecule has 0 aliphatic rings. The van der Waals surface area contributed by atoms with Crippen molar-refractivity contribution in [2.75, 3.05) is 13.1 Å². The quantitative estimate of drug-likeness (QED) is 0.860. The van der Waals surface area contributed by atoms with Crippen molar-refractivity contribution < 1.29 is 19.1 Å². The number of furan rings is 1. The van der Waals surface area contributed by atoms with Gasteiger partial charge in [0.25, 0.3) is 5.91 Å². The summed E-state index contributed by atoms with van der Waals surface area (Å²) in [7, 11) is 0. The summed E-state index contributed by atoms with van der Waals surface area (Å²) in [5, 5.41) is 8.69. The molecule has 0 bridgehead atoms. The van der Waals surface area contributed by atoms with Crippen LogP contribution in [0.5, 0.6) is 0 Å². The van der Waals surface area contributed by atoms with E-state index in [1.165, 1.54) is 4.90 Å². The summed E-state index contributed by atoms with van der Waals surface area (Å²) < 4.78 is 5.55. The van der Waals surface area contributed by atoms with Gasteiger partial charge in [-0.05, 0) is 19.9 Å². The molecular formula is C14H21NO4. The minimum absolute atomic E-state index is 0.0481.